The van der Waals surface area contributed by atoms with Crippen LogP contribution in [0.25, 0.3) is 0 Å². The van der Waals surface area contributed by atoms with Crippen LogP contribution in [0.3, 0.4) is 0 Å². The van der Waals surface area contributed by atoms with E-state index in [-0.39, 0.29) is 11.8 Å². The average Bonchev–Trinajstić information content (AvgIpc) is 3.51. The number of hydrogen-bond donors (Lipinski definition) is 1. The van der Waals surface area contributed by atoms with Crippen molar-refractivity contribution in [2.24, 2.45) is 0 Å². The van der Waals surface area contributed by atoms with E-state index in [1.165, 1.54) is 24.6 Å². The van der Waals surface area contributed by atoms with Crippen molar-refractivity contribution in [1.82, 2.24) is 15.2 Å². The minimum absolute atomic E-state index is 0.119. The number of nitrogens with one attached hydrogen (secondary N) is 1. The molecule has 1 N–H and O–H groups in total. The molecule has 4 rings (SSSR count). The second kappa shape index (κ2) is 9.98. The lowest BCUT2D eigenvalue weighted by atomic mass is 10.2. The molecule has 0 atom stereocenters. The fourth-order valence-corrected chi connectivity index (χ4v) is 4.90. The zero-order chi connectivity index (χ0) is 20.8. The quantitative estimate of drug-likeness (QED) is 0.691. The molecule has 0 saturated carbocycles. The summed E-state index contributed by atoms with van der Waals surface area (Å²) in [5.41, 5.74) is 1.65. The van der Waals surface area contributed by atoms with Gasteiger partial charge in [-0.15, -0.1) is 11.8 Å². The number of aromatic nitrogens is 1. The van der Waals surface area contributed by atoms with Gasteiger partial charge >= 0.3 is 0 Å². The Morgan fingerprint density at radius 3 is 2.53 bits per heavy atom. The molecular weight excluding hydrogens is 396 g/mol. The lowest BCUT2D eigenvalue weighted by Crippen LogP contribution is -2.29. The summed E-state index contributed by atoms with van der Waals surface area (Å²) in [6, 6.07) is 11.5. The van der Waals surface area contributed by atoms with Gasteiger partial charge in [-0.2, -0.15) is 0 Å². The Hall–Kier alpha value is -2.54. The smallest absolute Gasteiger partial charge is 0.252 e. The van der Waals surface area contributed by atoms with E-state index < -0.39 is 0 Å². The first-order chi connectivity index (χ1) is 14.7. The third kappa shape index (κ3) is 5.14. The molecule has 2 aromatic rings. The number of benzene rings is 1. The Kier molecular flexibility index (Phi) is 6.89. The van der Waals surface area contributed by atoms with E-state index in [4.69, 9.17) is 0 Å². The van der Waals surface area contributed by atoms with Crippen molar-refractivity contribution in [3.63, 3.8) is 0 Å². The first kappa shape index (κ1) is 20.7. The van der Waals surface area contributed by atoms with Gasteiger partial charge in [0, 0.05) is 43.8 Å². The molecule has 2 saturated heterocycles. The summed E-state index contributed by atoms with van der Waals surface area (Å²) >= 11 is 1.44. The van der Waals surface area contributed by atoms with Crippen molar-refractivity contribution in [1.29, 1.82) is 0 Å². The van der Waals surface area contributed by atoms with Gasteiger partial charge in [0.1, 0.15) is 5.82 Å². The van der Waals surface area contributed by atoms with E-state index in [9.17, 15) is 9.59 Å². The van der Waals surface area contributed by atoms with Crippen molar-refractivity contribution in [3.8, 4) is 0 Å². The highest BCUT2D eigenvalue weighted by atomic mass is 32.2. The van der Waals surface area contributed by atoms with Gasteiger partial charge < -0.3 is 15.1 Å². The molecule has 1 aromatic heterocycles. The van der Waals surface area contributed by atoms with E-state index in [2.05, 4.69) is 21.3 Å². The number of amides is 2. The molecule has 158 valence electrons. The summed E-state index contributed by atoms with van der Waals surface area (Å²) in [6.07, 6.45) is 6.39. The van der Waals surface area contributed by atoms with E-state index in [1.807, 2.05) is 41.4 Å². The standard InChI is InChI=1S/C23H28N4O2S/c28-22(27-13-5-6-14-27)17-30-20-8-2-1-7-19(20)23(29)25-16-18-9-10-24-21(15-18)26-11-3-4-12-26/h1-2,7-10,15H,3-6,11-14,16-17H2,(H,25,29). The molecule has 2 amide bonds. The maximum atomic E-state index is 12.8. The molecule has 2 fully saturated rings. The van der Waals surface area contributed by atoms with Crippen molar-refractivity contribution in [2.45, 2.75) is 37.1 Å². The highest BCUT2D eigenvalue weighted by Crippen LogP contribution is 2.24. The molecule has 2 aliphatic heterocycles. The van der Waals surface area contributed by atoms with Crippen molar-refractivity contribution >= 4 is 29.4 Å². The molecule has 6 nitrogen and oxygen atoms in total. The number of anilines is 1. The van der Waals surface area contributed by atoms with Crippen LogP contribution >= 0.6 is 11.8 Å². The van der Waals surface area contributed by atoms with E-state index >= 15 is 0 Å². The highest BCUT2D eigenvalue weighted by molar-refractivity contribution is 8.00. The van der Waals surface area contributed by atoms with Crippen LogP contribution < -0.4 is 10.2 Å². The Labute approximate surface area is 182 Å². The molecule has 0 aliphatic carbocycles. The molecule has 0 bridgehead atoms. The van der Waals surface area contributed by atoms with Crippen molar-refractivity contribution in [2.75, 3.05) is 36.8 Å². The SMILES string of the molecule is O=C(NCc1ccnc(N2CCCC2)c1)c1ccccc1SCC(=O)N1CCCC1. The fraction of sp³-hybridized carbons (Fsp3) is 0.435. The lowest BCUT2D eigenvalue weighted by Gasteiger charge is -2.17. The summed E-state index contributed by atoms with van der Waals surface area (Å²) in [6.45, 7) is 4.25. The van der Waals surface area contributed by atoms with Gasteiger partial charge in [-0.05, 0) is 55.5 Å². The van der Waals surface area contributed by atoms with Gasteiger partial charge in [0.15, 0.2) is 0 Å². The second-order valence-corrected chi connectivity index (χ2v) is 8.79. The molecule has 0 spiro atoms. The van der Waals surface area contributed by atoms with Crippen LogP contribution in [0.4, 0.5) is 5.82 Å². The van der Waals surface area contributed by atoms with Crippen LogP contribution in [0, 0.1) is 0 Å². The summed E-state index contributed by atoms with van der Waals surface area (Å²) in [7, 11) is 0. The average molecular weight is 425 g/mol. The molecule has 0 radical (unpaired) electrons. The Bertz CT molecular complexity index is 892. The van der Waals surface area contributed by atoms with Crippen LogP contribution in [0.15, 0.2) is 47.5 Å². The van der Waals surface area contributed by atoms with Gasteiger partial charge in [-0.1, -0.05) is 12.1 Å². The number of likely N-dealkylation sites (tertiary alicyclic amines) is 1. The topological polar surface area (TPSA) is 65.5 Å². The number of thioether (sulfide) groups is 1. The molecular formula is C23H28N4O2S. The maximum absolute atomic E-state index is 12.8. The molecule has 3 heterocycles. The van der Waals surface area contributed by atoms with Crippen LogP contribution in [-0.2, 0) is 11.3 Å². The highest BCUT2D eigenvalue weighted by Gasteiger charge is 2.19. The summed E-state index contributed by atoms with van der Waals surface area (Å²) < 4.78 is 0. The number of pyridine rings is 1. The molecule has 2 aliphatic rings. The zero-order valence-electron chi connectivity index (χ0n) is 17.2. The Balaban J connectivity index is 1.35. The number of nitrogens with zero attached hydrogens (tertiary/aromatic N) is 3. The minimum Gasteiger partial charge on any atom is -0.357 e. The van der Waals surface area contributed by atoms with Gasteiger partial charge in [0.05, 0.1) is 11.3 Å². The summed E-state index contributed by atoms with van der Waals surface area (Å²) in [5, 5.41) is 3.02. The van der Waals surface area contributed by atoms with Gasteiger partial charge in [-0.3, -0.25) is 9.59 Å². The molecule has 7 heteroatoms. The second-order valence-electron chi connectivity index (χ2n) is 7.77. The van der Waals surface area contributed by atoms with E-state index in [0.29, 0.717) is 17.9 Å². The third-order valence-corrected chi connectivity index (χ3v) is 6.69. The zero-order valence-corrected chi connectivity index (χ0v) is 18.0. The van der Waals surface area contributed by atoms with Crippen molar-refractivity contribution in [3.05, 3.63) is 53.7 Å². The van der Waals surface area contributed by atoms with E-state index in [0.717, 1.165) is 55.3 Å². The van der Waals surface area contributed by atoms with Crippen LogP contribution in [0.2, 0.25) is 0 Å². The largest absolute Gasteiger partial charge is 0.357 e. The number of rotatable bonds is 7. The Morgan fingerprint density at radius 2 is 1.73 bits per heavy atom. The van der Waals surface area contributed by atoms with E-state index in [1.54, 1.807) is 0 Å². The van der Waals surface area contributed by atoms with Crippen LogP contribution in [-0.4, -0.2) is 53.6 Å². The predicted octanol–water partition coefficient (Wildman–Crippen LogP) is 3.33. The van der Waals surface area contributed by atoms with Crippen LogP contribution in [0.5, 0.6) is 0 Å². The maximum Gasteiger partial charge on any atom is 0.252 e. The molecule has 30 heavy (non-hydrogen) atoms. The Morgan fingerprint density at radius 1 is 1.00 bits per heavy atom. The lowest BCUT2D eigenvalue weighted by molar-refractivity contribution is -0.127. The van der Waals surface area contributed by atoms with Crippen molar-refractivity contribution < 1.29 is 9.59 Å². The number of carbonyl (C=O) groups is 2. The van der Waals surface area contributed by atoms with Crippen LogP contribution in [0.1, 0.15) is 41.6 Å². The molecule has 0 unspecified atom stereocenters. The molecule has 1 aromatic carbocycles. The van der Waals surface area contributed by atoms with Gasteiger partial charge in [-0.25, -0.2) is 4.98 Å². The monoisotopic (exact) mass is 424 g/mol. The first-order valence-corrected chi connectivity index (χ1v) is 11.7. The minimum atomic E-state index is -0.119. The summed E-state index contributed by atoms with van der Waals surface area (Å²) in [5.74, 6) is 1.38. The summed E-state index contributed by atoms with van der Waals surface area (Å²) in [4.78, 5) is 34.7. The third-order valence-electron chi connectivity index (χ3n) is 5.63. The first-order valence-electron chi connectivity index (χ1n) is 10.7. The fourth-order valence-electron chi connectivity index (χ4n) is 3.94. The normalized spacial score (nSPS) is 16.1. The number of hydrogen-bond acceptors (Lipinski definition) is 5. The van der Waals surface area contributed by atoms with Gasteiger partial charge in [0.25, 0.3) is 5.91 Å². The number of carbonyl (C=O) groups excluding carboxylic acids is 2. The van der Waals surface area contributed by atoms with Gasteiger partial charge in [0.2, 0.25) is 5.91 Å². The predicted molar refractivity (Wildman–Crippen MR) is 120 cm³/mol.